The van der Waals surface area contributed by atoms with Gasteiger partial charge in [-0.15, -0.1) is 0 Å². The summed E-state index contributed by atoms with van der Waals surface area (Å²) in [6.07, 6.45) is 14.4. The van der Waals surface area contributed by atoms with Gasteiger partial charge in [-0.25, -0.2) is 19.0 Å². The third-order valence-corrected chi connectivity index (χ3v) is 11.5. The van der Waals surface area contributed by atoms with Crippen molar-refractivity contribution < 1.29 is 23.2 Å². The number of nitriles is 1. The van der Waals surface area contributed by atoms with Gasteiger partial charge in [0.2, 0.25) is 5.91 Å². The highest BCUT2D eigenvalue weighted by atomic mass is 19.1. The molecule has 3 aliphatic rings. The van der Waals surface area contributed by atoms with Crippen LogP contribution in [0.3, 0.4) is 0 Å². The second kappa shape index (κ2) is 16.6. The minimum atomic E-state index is -0.973. The highest BCUT2D eigenvalue weighted by Gasteiger charge is 2.54. The molecule has 9 rings (SSSR count). The van der Waals surface area contributed by atoms with Gasteiger partial charge >= 0.3 is 0 Å². The van der Waals surface area contributed by atoms with E-state index in [0.717, 1.165) is 17.7 Å². The Balaban J connectivity index is 0.000000173. The number of nitrogens with two attached hydrogens (primary N) is 2. The molecular formula is C39H45F2N17O3. The molecule has 22 heteroatoms. The van der Waals surface area contributed by atoms with Crippen molar-refractivity contribution in [2.24, 2.45) is 28.7 Å². The Labute approximate surface area is 347 Å². The van der Waals surface area contributed by atoms with Gasteiger partial charge in [0, 0.05) is 80.7 Å². The molecule has 3 amide bonds. The number of halogens is 2. The molecule has 1 aliphatic carbocycles. The monoisotopic (exact) mass is 837 g/mol. The average Bonchev–Trinajstić information content (AvgIpc) is 3.99. The maximum Gasteiger partial charge on any atom is 0.252 e. The molecule has 7 N–H and O–H groups in total. The van der Waals surface area contributed by atoms with Crippen LogP contribution in [0, 0.1) is 28.6 Å². The number of anilines is 2. The van der Waals surface area contributed by atoms with E-state index in [4.69, 9.17) is 11.5 Å². The van der Waals surface area contributed by atoms with Crippen molar-refractivity contribution >= 4 is 40.4 Å². The molecule has 0 bridgehead atoms. The number of carbonyl (C=O) groups is 3. The van der Waals surface area contributed by atoms with E-state index in [1.165, 1.54) is 21.8 Å². The molecule has 8 heterocycles. The zero-order chi connectivity index (χ0) is 43.0. The Bertz CT molecular complexity index is 2660. The fourth-order valence-corrected chi connectivity index (χ4v) is 7.74. The first-order chi connectivity index (χ1) is 29.5. The number of imidazole rings is 2. The number of carbonyl (C=O) groups excluding carboxylic acids is 3. The molecule has 0 aromatic carbocycles. The van der Waals surface area contributed by atoms with Crippen LogP contribution in [-0.4, -0.2) is 123 Å². The number of aryl methyl sites for hydroxylation is 2. The summed E-state index contributed by atoms with van der Waals surface area (Å²) in [5.74, 6) is -2.27. The van der Waals surface area contributed by atoms with Crippen LogP contribution in [-0.2, 0) is 17.9 Å². The van der Waals surface area contributed by atoms with Crippen LogP contribution < -0.4 is 27.4 Å². The number of alkyl halides is 2. The molecule has 318 valence electrons. The molecule has 1 saturated carbocycles. The Morgan fingerprint density at radius 2 is 1.30 bits per heavy atom. The normalized spacial score (nSPS) is 20.3. The van der Waals surface area contributed by atoms with Gasteiger partial charge in [-0.2, -0.15) is 25.7 Å². The predicted octanol–water partition coefficient (Wildman–Crippen LogP) is 1.90. The molecule has 0 spiro atoms. The van der Waals surface area contributed by atoms with Gasteiger partial charge in [-0.1, -0.05) is 0 Å². The molecule has 2 aliphatic heterocycles. The molecule has 2 saturated heterocycles. The van der Waals surface area contributed by atoms with Crippen LogP contribution in [0.5, 0.6) is 0 Å². The van der Waals surface area contributed by atoms with Crippen molar-refractivity contribution in [3.63, 3.8) is 0 Å². The van der Waals surface area contributed by atoms with Gasteiger partial charge in [-0.3, -0.25) is 32.5 Å². The van der Waals surface area contributed by atoms with E-state index in [1.54, 1.807) is 38.7 Å². The molecule has 0 unspecified atom stereocenters. The van der Waals surface area contributed by atoms with Crippen molar-refractivity contribution in [2.45, 2.75) is 51.9 Å². The molecule has 6 aromatic heterocycles. The van der Waals surface area contributed by atoms with Crippen LogP contribution in [0.15, 0.2) is 49.6 Å². The summed E-state index contributed by atoms with van der Waals surface area (Å²) in [4.78, 5) is 47.7. The number of nitrogens with zero attached hydrogens (tertiary/aromatic N) is 12. The summed E-state index contributed by atoms with van der Waals surface area (Å²) < 4.78 is 33.9. The SMILES string of the molecule is CCn1cc(-c2cn3ncc(C(N)=O)c(N[C@@H]4CN(C(=O)C5(C#N)CC5)C[C@@H]4CF)c3n2)cn1.CCn1cc(-c2cn3ncc(C(N)=O)c(N[C@@H]4CNC[C@@H]4CF)c3n2)cn1. The average molecular weight is 838 g/mol. The minimum absolute atomic E-state index is 0.118. The number of hydrogen-bond acceptors (Lipinski definition) is 13. The van der Waals surface area contributed by atoms with Crippen LogP contribution >= 0.6 is 0 Å². The largest absolute Gasteiger partial charge is 0.377 e. The maximum absolute atomic E-state index is 13.9. The molecule has 20 nitrogen and oxygen atoms in total. The molecule has 6 aromatic rings. The lowest BCUT2D eigenvalue weighted by molar-refractivity contribution is -0.134. The Morgan fingerprint density at radius 3 is 1.74 bits per heavy atom. The highest BCUT2D eigenvalue weighted by molar-refractivity contribution is 6.02. The van der Waals surface area contributed by atoms with Gasteiger partial charge in [0.25, 0.3) is 11.8 Å². The van der Waals surface area contributed by atoms with E-state index in [-0.39, 0.29) is 42.1 Å². The second-order valence-electron chi connectivity index (χ2n) is 15.4. The van der Waals surface area contributed by atoms with E-state index >= 15 is 0 Å². The van der Waals surface area contributed by atoms with Gasteiger partial charge in [0.1, 0.15) is 5.41 Å². The van der Waals surface area contributed by atoms with E-state index in [9.17, 15) is 28.4 Å². The van der Waals surface area contributed by atoms with Gasteiger partial charge in [0.05, 0.1) is 96.5 Å². The van der Waals surface area contributed by atoms with E-state index in [1.807, 2.05) is 26.2 Å². The lowest BCUT2D eigenvalue weighted by atomic mass is 10.0. The summed E-state index contributed by atoms with van der Waals surface area (Å²) in [5, 5.41) is 36.1. The number of primary amides is 2. The maximum atomic E-state index is 13.9. The summed E-state index contributed by atoms with van der Waals surface area (Å²) in [7, 11) is 0. The number of hydrogen-bond donors (Lipinski definition) is 5. The number of nitrogens with one attached hydrogen (secondary N) is 3. The van der Waals surface area contributed by atoms with Crippen molar-refractivity contribution in [3.8, 4) is 28.6 Å². The van der Waals surface area contributed by atoms with E-state index in [2.05, 4.69) is 52.4 Å². The molecule has 0 radical (unpaired) electrons. The fraction of sp³-hybridized carbons (Fsp3) is 0.436. The number of rotatable bonds is 13. The van der Waals surface area contributed by atoms with Crippen molar-refractivity contribution in [1.29, 1.82) is 5.26 Å². The standard InChI is InChI=1S/C22H24FN9O2.C17H21FN8O/c1-2-31-9-14(6-26-31)17-11-32-20(29-17)18(15(7-27-32)19(25)33)28-16-10-30(8-13(16)5-23)21(34)22(12-24)3-4-22;1-2-25-8-11(5-21-25)14-9-26-17(24-14)15(12(6-22-26)16(19)27)23-13-7-20-4-10(13)3-18/h6-7,9,11,13,16,28H,2-5,8,10H2,1H3,(H2,25,33);5-6,8-10,13,20,23H,2-4,7H2,1H3,(H2,19,27)/t13-,16+;10-,13+/m00/s1. The van der Waals surface area contributed by atoms with Crippen LogP contribution in [0.2, 0.25) is 0 Å². The van der Waals surface area contributed by atoms with Gasteiger partial charge in [0.15, 0.2) is 11.3 Å². The first-order valence-electron chi connectivity index (χ1n) is 20.0. The third kappa shape index (κ3) is 7.79. The molecule has 3 fully saturated rings. The van der Waals surface area contributed by atoms with Crippen LogP contribution in [0.4, 0.5) is 20.2 Å². The lowest BCUT2D eigenvalue weighted by Crippen LogP contribution is -2.36. The van der Waals surface area contributed by atoms with Crippen molar-refractivity contribution in [1.82, 2.24) is 59.0 Å². The number of likely N-dealkylation sites (tertiary alicyclic amines) is 1. The topological polar surface area (TPSA) is 262 Å². The lowest BCUT2D eigenvalue weighted by Gasteiger charge is -2.21. The summed E-state index contributed by atoms with van der Waals surface area (Å²) in [6.45, 7) is 5.90. The Morgan fingerprint density at radius 1 is 0.770 bits per heavy atom. The predicted molar refractivity (Wildman–Crippen MR) is 217 cm³/mol. The zero-order valence-corrected chi connectivity index (χ0v) is 33.5. The minimum Gasteiger partial charge on any atom is -0.377 e. The molecule has 4 atom stereocenters. The highest BCUT2D eigenvalue weighted by Crippen LogP contribution is 2.47. The van der Waals surface area contributed by atoms with Crippen LogP contribution in [0.1, 0.15) is 47.4 Å². The number of aromatic nitrogens is 10. The van der Waals surface area contributed by atoms with E-state index < -0.39 is 42.5 Å². The first-order valence-corrected chi connectivity index (χ1v) is 20.0. The van der Waals surface area contributed by atoms with Gasteiger partial charge < -0.3 is 32.3 Å². The summed E-state index contributed by atoms with van der Waals surface area (Å²) >= 11 is 0. The molecule has 61 heavy (non-hydrogen) atoms. The Kier molecular flexibility index (Phi) is 11.1. The van der Waals surface area contributed by atoms with Crippen molar-refractivity contribution in [2.75, 3.05) is 50.2 Å². The number of amides is 3. The second-order valence-corrected chi connectivity index (χ2v) is 15.4. The van der Waals surface area contributed by atoms with Crippen LogP contribution in [0.25, 0.3) is 33.8 Å². The first kappa shape index (κ1) is 40.7. The quantitative estimate of drug-likeness (QED) is 0.112. The molecular weight excluding hydrogens is 793 g/mol. The Hall–Kier alpha value is -7.02. The fourth-order valence-electron chi connectivity index (χ4n) is 7.74. The summed E-state index contributed by atoms with van der Waals surface area (Å²) in [5.41, 5.74) is 15.0. The number of fused-ring (bicyclic) bond motifs is 2. The van der Waals surface area contributed by atoms with Crippen molar-refractivity contribution in [3.05, 3.63) is 60.7 Å². The smallest absolute Gasteiger partial charge is 0.252 e. The third-order valence-electron chi connectivity index (χ3n) is 11.5. The zero-order valence-electron chi connectivity index (χ0n) is 33.5. The van der Waals surface area contributed by atoms with Gasteiger partial charge in [-0.05, 0) is 26.7 Å². The van der Waals surface area contributed by atoms with E-state index in [0.29, 0.717) is 66.5 Å². The summed E-state index contributed by atoms with van der Waals surface area (Å²) in [6, 6.07) is 1.45.